The maximum Gasteiger partial charge on any atom is 0.313 e. The maximum atomic E-state index is 10.5. The van der Waals surface area contributed by atoms with Gasteiger partial charge in [-0.2, -0.15) is 0 Å². The van der Waals surface area contributed by atoms with Gasteiger partial charge in [-0.3, -0.25) is 4.79 Å². The number of fused-ring (bicyclic) bond motifs is 1. The van der Waals surface area contributed by atoms with E-state index < -0.39 is 5.37 Å². The first-order valence-electron chi connectivity index (χ1n) is 4.94. The number of aryl methyl sites for hydroxylation is 1. The molecule has 4 nitrogen and oxygen atoms in total. The van der Waals surface area contributed by atoms with Crippen LogP contribution in [0.25, 0.3) is 11.1 Å². The zero-order chi connectivity index (χ0) is 11.5. The van der Waals surface area contributed by atoms with Crippen molar-refractivity contribution in [2.45, 2.75) is 13.3 Å². The van der Waals surface area contributed by atoms with Crippen LogP contribution >= 0.6 is 11.6 Å². The predicted octanol–water partition coefficient (Wildman–Crippen LogP) is 2.63. The number of aromatic nitrogens is 1. The van der Waals surface area contributed by atoms with E-state index in [4.69, 9.17) is 16.0 Å². The Morgan fingerprint density at radius 1 is 1.56 bits per heavy atom. The van der Waals surface area contributed by atoms with Crippen molar-refractivity contribution in [1.29, 1.82) is 0 Å². The fourth-order valence-corrected chi connectivity index (χ4v) is 1.64. The van der Waals surface area contributed by atoms with E-state index in [1.807, 2.05) is 25.1 Å². The van der Waals surface area contributed by atoms with Gasteiger partial charge >= 0.3 is 5.37 Å². The lowest BCUT2D eigenvalue weighted by atomic mass is 10.1. The number of halogens is 1. The van der Waals surface area contributed by atoms with Crippen molar-refractivity contribution in [3.63, 3.8) is 0 Å². The molecule has 0 saturated carbocycles. The molecule has 1 aromatic heterocycles. The molecule has 0 fully saturated rings. The van der Waals surface area contributed by atoms with Gasteiger partial charge in [-0.1, -0.05) is 6.07 Å². The lowest BCUT2D eigenvalue weighted by molar-refractivity contribution is 0.260. The van der Waals surface area contributed by atoms with Crippen LogP contribution in [0.15, 0.2) is 22.6 Å². The van der Waals surface area contributed by atoms with Crippen LogP contribution in [-0.2, 0) is 6.42 Å². The van der Waals surface area contributed by atoms with Crippen molar-refractivity contribution in [3.8, 4) is 0 Å². The molecule has 0 atom stereocenters. The quantitative estimate of drug-likeness (QED) is 0.661. The topological polar surface area (TPSA) is 55.1 Å². The third-order valence-electron chi connectivity index (χ3n) is 2.24. The number of benzene rings is 1. The van der Waals surface area contributed by atoms with Gasteiger partial charge in [-0.05, 0) is 35.7 Å². The molecular weight excluding hydrogens is 228 g/mol. The van der Waals surface area contributed by atoms with E-state index in [1.165, 1.54) is 0 Å². The van der Waals surface area contributed by atoms with Gasteiger partial charge in [0.15, 0.2) is 11.5 Å². The summed E-state index contributed by atoms with van der Waals surface area (Å²) in [5, 5.41) is 2.00. The standard InChI is InChI=1S/C11H11ClN2O2/c1-7-14-9-3-2-8(6-10(9)16-7)4-5-13-11(12)15/h2-3,6H,4-5H2,1H3,(H,13,15). The minimum absolute atomic E-state index is 0.515. The zero-order valence-electron chi connectivity index (χ0n) is 8.79. The number of carbonyl (C=O) groups excluding carboxylic acids is 1. The largest absolute Gasteiger partial charge is 0.441 e. The summed E-state index contributed by atoms with van der Waals surface area (Å²) in [6.45, 7) is 2.33. The van der Waals surface area contributed by atoms with Crippen molar-refractivity contribution in [2.24, 2.45) is 0 Å². The van der Waals surface area contributed by atoms with Gasteiger partial charge in [0.25, 0.3) is 0 Å². The molecule has 16 heavy (non-hydrogen) atoms. The molecule has 0 radical (unpaired) electrons. The minimum atomic E-state index is -0.531. The number of nitrogens with zero attached hydrogens (tertiary/aromatic N) is 1. The monoisotopic (exact) mass is 238 g/mol. The Hall–Kier alpha value is -1.55. The zero-order valence-corrected chi connectivity index (χ0v) is 9.54. The Bertz CT molecular complexity index is 522. The molecule has 1 aromatic carbocycles. The van der Waals surface area contributed by atoms with Crippen LogP contribution in [0, 0.1) is 6.92 Å². The van der Waals surface area contributed by atoms with Gasteiger partial charge in [0.1, 0.15) is 5.52 Å². The summed E-state index contributed by atoms with van der Waals surface area (Å²) >= 11 is 5.16. The van der Waals surface area contributed by atoms with E-state index in [-0.39, 0.29) is 0 Å². The lowest BCUT2D eigenvalue weighted by Gasteiger charge is -2.00. The summed E-state index contributed by atoms with van der Waals surface area (Å²) < 4.78 is 5.41. The number of oxazole rings is 1. The fourth-order valence-electron chi connectivity index (χ4n) is 1.54. The van der Waals surface area contributed by atoms with Crippen LogP contribution in [0.1, 0.15) is 11.5 Å². The number of carbonyl (C=O) groups is 1. The minimum Gasteiger partial charge on any atom is -0.441 e. The van der Waals surface area contributed by atoms with E-state index in [0.717, 1.165) is 16.7 Å². The SMILES string of the molecule is Cc1nc2ccc(CCNC(=O)Cl)cc2o1. The summed E-state index contributed by atoms with van der Waals surface area (Å²) in [6.07, 6.45) is 0.716. The van der Waals surface area contributed by atoms with E-state index >= 15 is 0 Å². The molecule has 0 aliphatic heterocycles. The smallest absolute Gasteiger partial charge is 0.313 e. The molecule has 1 heterocycles. The summed E-state index contributed by atoms with van der Waals surface area (Å²) in [4.78, 5) is 14.7. The van der Waals surface area contributed by atoms with Crippen LogP contribution in [0.4, 0.5) is 4.79 Å². The first-order chi connectivity index (χ1) is 7.65. The molecule has 0 aliphatic carbocycles. The summed E-state index contributed by atoms with van der Waals surface area (Å²) in [5.41, 5.74) is 2.70. The second kappa shape index (κ2) is 4.53. The van der Waals surface area contributed by atoms with E-state index in [9.17, 15) is 4.79 Å². The van der Waals surface area contributed by atoms with Crippen LogP contribution < -0.4 is 5.32 Å². The summed E-state index contributed by atoms with van der Waals surface area (Å²) in [6, 6.07) is 5.80. The molecule has 0 bridgehead atoms. The summed E-state index contributed by atoms with van der Waals surface area (Å²) in [7, 11) is 0. The third kappa shape index (κ3) is 2.52. The first kappa shape index (κ1) is 11.0. The van der Waals surface area contributed by atoms with Crippen molar-refractivity contribution in [3.05, 3.63) is 29.7 Å². The van der Waals surface area contributed by atoms with Crippen LogP contribution in [-0.4, -0.2) is 16.9 Å². The molecule has 0 aliphatic rings. The van der Waals surface area contributed by atoms with Crippen molar-refractivity contribution < 1.29 is 9.21 Å². The lowest BCUT2D eigenvalue weighted by Crippen LogP contribution is -2.19. The molecule has 0 saturated heterocycles. The maximum absolute atomic E-state index is 10.5. The second-order valence-corrected chi connectivity index (χ2v) is 3.83. The third-order valence-corrected chi connectivity index (χ3v) is 2.37. The Morgan fingerprint density at radius 2 is 2.38 bits per heavy atom. The van der Waals surface area contributed by atoms with Crippen molar-refractivity contribution in [1.82, 2.24) is 10.3 Å². The molecule has 0 unspecified atom stereocenters. The number of rotatable bonds is 3. The van der Waals surface area contributed by atoms with Crippen LogP contribution in [0.3, 0.4) is 0 Å². The molecule has 2 rings (SSSR count). The van der Waals surface area contributed by atoms with E-state index in [0.29, 0.717) is 18.9 Å². The Labute approximate surface area is 97.6 Å². The number of hydrogen-bond donors (Lipinski definition) is 1. The Balaban J connectivity index is 2.10. The molecule has 1 N–H and O–H groups in total. The highest BCUT2D eigenvalue weighted by Crippen LogP contribution is 2.16. The first-order valence-corrected chi connectivity index (χ1v) is 5.32. The summed E-state index contributed by atoms with van der Waals surface area (Å²) in [5.74, 6) is 0.654. The second-order valence-electron chi connectivity index (χ2n) is 3.49. The Kier molecular flexibility index (Phi) is 3.10. The van der Waals surface area contributed by atoms with Crippen molar-refractivity contribution in [2.75, 3.05) is 6.54 Å². The van der Waals surface area contributed by atoms with Crippen LogP contribution in [0.5, 0.6) is 0 Å². The normalized spacial score (nSPS) is 10.6. The van der Waals surface area contributed by atoms with E-state index in [2.05, 4.69) is 10.3 Å². The van der Waals surface area contributed by atoms with Gasteiger partial charge < -0.3 is 9.73 Å². The molecule has 2 aromatic rings. The van der Waals surface area contributed by atoms with Gasteiger partial charge in [0, 0.05) is 13.5 Å². The highest BCUT2D eigenvalue weighted by atomic mass is 35.5. The highest BCUT2D eigenvalue weighted by Gasteiger charge is 2.03. The Morgan fingerprint density at radius 3 is 3.12 bits per heavy atom. The van der Waals surface area contributed by atoms with Gasteiger partial charge in [0.2, 0.25) is 0 Å². The highest BCUT2D eigenvalue weighted by molar-refractivity contribution is 6.62. The number of amides is 1. The average Bonchev–Trinajstić information content (AvgIpc) is 2.56. The predicted molar refractivity (Wildman–Crippen MR) is 61.7 cm³/mol. The molecule has 1 amide bonds. The van der Waals surface area contributed by atoms with Gasteiger partial charge in [-0.15, -0.1) is 0 Å². The van der Waals surface area contributed by atoms with Crippen molar-refractivity contribution >= 4 is 28.1 Å². The van der Waals surface area contributed by atoms with Crippen LogP contribution in [0.2, 0.25) is 0 Å². The fraction of sp³-hybridized carbons (Fsp3) is 0.273. The molecule has 0 spiro atoms. The number of hydrogen-bond acceptors (Lipinski definition) is 3. The molecule has 84 valence electrons. The van der Waals surface area contributed by atoms with Gasteiger partial charge in [0.05, 0.1) is 0 Å². The molecular formula is C11H11ClN2O2. The van der Waals surface area contributed by atoms with E-state index in [1.54, 1.807) is 0 Å². The number of nitrogens with one attached hydrogen (secondary N) is 1. The molecule has 5 heteroatoms. The average molecular weight is 239 g/mol. The van der Waals surface area contributed by atoms with Gasteiger partial charge in [-0.25, -0.2) is 4.98 Å².